The van der Waals surface area contributed by atoms with Crippen molar-refractivity contribution in [1.29, 1.82) is 0 Å². The van der Waals surface area contributed by atoms with Crippen molar-refractivity contribution in [3.63, 3.8) is 0 Å². The molecule has 1 fully saturated rings. The fourth-order valence-corrected chi connectivity index (χ4v) is 6.18. The van der Waals surface area contributed by atoms with Crippen molar-refractivity contribution >= 4 is 46.0 Å². The highest BCUT2D eigenvalue weighted by Crippen LogP contribution is 2.38. The molecule has 1 unspecified atom stereocenters. The Hall–Kier alpha value is -4.86. The zero-order valence-corrected chi connectivity index (χ0v) is 29.4. The summed E-state index contributed by atoms with van der Waals surface area (Å²) in [5.41, 5.74) is 6.13. The fraction of sp³-hybridized carbons (Fsp3) is 0.450. The predicted molar refractivity (Wildman–Crippen MR) is 190 cm³/mol. The van der Waals surface area contributed by atoms with Crippen LogP contribution in [0, 0.1) is 23.7 Å². The first-order valence-electron chi connectivity index (χ1n) is 17.5. The van der Waals surface area contributed by atoms with Crippen molar-refractivity contribution in [3.05, 3.63) is 83.9 Å². The number of Topliss-reactive ketones (excluding diaryl/α,β-unsaturated/α-hetero) is 2. The van der Waals surface area contributed by atoms with Gasteiger partial charge < -0.3 is 21.1 Å². The number of esters is 1. The predicted octanol–water partition coefficient (Wildman–Crippen LogP) is 4.99. The van der Waals surface area contributed by atoms with Gasteiger partial charge in [-0.15, -0.1) is 0 Å². The summed E-state index contributed by atoms with van der Waals surface area (Å²) in [5.74, 6) is -5.79. The molecule has 0 saturated heterocycles. The monoisotopic (exact) mass is 683 g/mol. The number of hydrogen-bond donors (Lipinski definition) is 3. The van der Waals surface area contributed by atoms with Crippen LogP contribution < -0.4 is 16.4 Å². The number of ketones is 2. The van der Waals surface area contributed by atoms with Crippen LogP contribution in [0.15, 0.2) is 72.8 Å². The molecule has 1 saturated carbocycles. The molecule has 1 aliphatic carbocycles. The van der Waals surface area contributed by atoms with Crippen LogP contribution in [0.2, 0.25) is 0 Å². The van der Waals surface area contributed by atoms with Crippen LogP contribution in [0.3, 0.4) is 0 Å². The second-order valence-electron chi connectivity index (χ2n) is 14.1. The minimum absolute atomic E-state index is 0.0694. The molecule has 4 N–H and O–H groups in total. The van der Waals surface area contributed by atoms with E-state index >= 15 is 0 Å². The number of benzene rings is 3. The van der Waals surface area contributed by atoms with E-state index in [2.05, 4.69) is 10.6 Å². The maximum Gasteiger partial charge on any atom is 0.306 e. The van der Waals surface area contributed by atoms with E-state index in [4.69, 9.17) is 10.5 Å². The van der Waals surface area contributed by atoms with E-state index in [-0.39, 0.29) is 37.6 Å². The Balaban J connectivity index is 1.39. The summed E-state index contributed by atoms with van der Waals surface area (Å²) in [6.45, 7) is 7.53. The number of carbonyl (C=O) groups is 6. The molecule has 4 rings (SSSR count). The lowest BCUT2D eigenvalue weighted by Gasteiger charge is -2.27. The average Bonchev–Trinajstić information content (AvgIpc) is 3.89. The van der Waals surface area contributed by atoms with Gasteiger partial charge in [-0.1, -0.05) is 107 Å². The van der Waals surface area contributed by atoms with Gasteiger partial charge in [-0.25, -0.2) is 0 Å². The van der Waals surface area contributed by atoms with Crippen molar-refractivity contribution in [3.8, 4) is 0 Å². The van der Waals surface area contributed by atoms with Crippen LogP contribution in [-0.2, 0) is 46.5 Å². The lowest BCUT2D eigenvalue weighted by molar-refractivity contribution is -0.149. The second kappa shape index (κ2) is 17.2. The van der Waals surface area contributed by atoms with Crippen LogP contribution in [-0.4, -0.2) is 46.8 Å². The summed E-state index contributed by atoms with van der Waals surface area (Å²) < 4.78 is 5.42. The van der Waals surface area contributed by atoms with Crippen molar-refractivity contribution in [2.24, 2.45) is 29.4 Å². The molecule has 3 aromatic rings. The highest BCUT2D eigenvalue weighted by atomic mass is 16.5. The number of primary amides is 1. The topological polar surface area (TPSA) is 162 Å². The lowest BCUT2D eigenvalue weighted by atomic mass is 9.89. The first-order valence-corrected chi connectivity index (χ1v) is 17.5. The van der Waals surface area contributed by atoms with Crippen LogP contribution in [0.4, 0.5) is 0 Å². The van der Waals surface area contributed by atoms with E-state index in [0.717, 1.165) is 21.9 Å². The molecule has 50 heavy (non-hydrogen) atoms. The SMILES string of the molecule is CC[C@H](C)C(NC(=O)[C@@H](CC(=O)OCc1ccccc1)CC(C)C)C(=O)C(=O)NC1(C(=O)C[C@@H](Cc2ccc3ccccc3c2)C(N)=O)CC1. The Morgan fingerprint density at radius 1 is 0.820 bits per heavy atom. The number of carbonyl (C=O) groups excluding carboxylic acids is 6. The molecule has 0 radical (unpaired) electrons. The molecule has 0 heterocycles. The first-order chi connectivity index (χ1) is 23.8. The third-order valence-corrected chi connectivity index (χ3v) is 9.57. The number of amides is 3. The lowest BCUT2D eigenvalue weighted by Crippen LogP contribution is -2.55. The summed E-state index contributed by atoms with van der Waals surface area (Å²) in [6, 6.07) is 21.7. The Kier molecular flexibility index (Phi) is 13.0. The summed E-state index contributed by atoms with van der Waals surface area (Å²) in [5, 5.41) is 7.45. The van der Waals surface area contributed by atoms with Crippen molar-refractivity contribution in [2.45, 2.75) is 90.8 Å². The maximum absolute atomic E-state index is 13.6. The maximum atomic E-state index is 13.6. The number of nitrogens with one attached hydrogen (secondary N) is 2. The van der Waals surface area contributed by atoms with E-state index in [1.54, 1.807) is 6.92 Å². The summed E-state index contributed by atoms with van der Waals surface area (Å²) in [4.78, 5) is 79.3. The van der Waals surface area contributed by atoms with E-state index in [0.29, 0.717) is 25.7 Å². The third-order valence-electron chi connectivity index (χ3n) is 9.57. The zero-order chi connectivity index (χ0) is 36.4. The molecular weight excluding hydrogens is 634 g/mol. The second-order valence-corrected chi connectivity index (χ2v) is 14.1. The number of ether oxygens (including phenoxy) is 1. The molecule has 266 valence electrons. The van der Waals surface area contributed by atoms with Crippen LogP contribution >= 0.6 is 0 Å². The number of hydrogen-bond acceptors (Lipinski definition) is 7. The molecule has 4 atom stereocenters. The molecule has 0 spiro atoms. The smallest absolute Gasteiger partial charge is 0.306 e. The van der Waals surface area contributed by atoms with Gasteiger partial charge >= 0.3 is 5.97 Å². The molecule has 0 bridgehead atoms. The average molecular weight is 684 g/mol. The van der Waals surface area contributed by atoms with Gasteiger partial charge in [0.2, 0.25) is 17.6 Å². The van der Waals surface area contributed by atoms with Gasteiger partial charge in [0.25, 0.3) is 5.91 Å². The summed E-state index contributed by atoms with van der Waals surface area (Å²) in [7, 11) is 0. The van der Waals surface area contributed by atoms with E-state index in [9.17, 15) is 28.8 Å². The number of fused-ring (bicyclic) bond motifs is 1. The highest BCUT2D eigenvalue weighted by Gasteiger charge is 2.52. The fourth-order valence-electron chi connectivity index (χ4n) is 6.18. The Morgan fingerprint density at radius 3 is 2.10 bits per heavy atom. The van der Waals surface area contributed by atoms with Gasteiger partial charge in [0.05, 0.1) is 18.0 Å². The van der Waals surface area contributed by atoms with Gasteiger partial charge in [0.15, 0.2) is 5.78 Å². The minimum atomic E-state index is -1.27. The van der Waals surface area contributed by atoms with E-state index in [1.807, 2.05) is 93.6 Å². The van der Waals surface area contributed by atoms with Crippen molar-refractivity contribution < 1.29 is 33.5 Å². The molecule has 10 heteroatoms. The van der Waals surface area contributed by atoms with Crippen LogP contribution in [0.25, 0.3) is 10.8 Å². The number of nitrogens with two attached hydrogens (primary N) is 1. The molecule has 3 amide bonds. The van der Waals surface area contributed by atoms with Gasteiger partial charge in [0, 0.05) is 18.3 Å². The number of rotatable bonds is 19. The normalized spacial score (nSPS) is 15.7. The zero-order valence-electron chi connectivity index (χ0n) is 29.4. The van der Waals surface area contributed by atoms with Crippen LogP contribution in [0.5, 0.6) is 0 Å². The van der Waals surface area contributed by atoms with Gasteiger partial charge in [0.1, 0.15) is 6.61 Å². The standard InChI is InChI=1S/C40H49N3O7/c1-5-26(4)35(42-38(48)32(19-25(2)3)23-34(45)50-24-27-11-7-6-8-12-27)36(46)39(49)43-40(17-18-40)33(44)22-31(37(41)47)21-28-15-16-29-13-9-10-14-30(29)20-28/h6-16,20,25-26,31-32,35H,5,17-19,21-24H2,1-4H3,(H2,41,47)(H,42,48)(H,43,49)/t26-,31+,32+,35?/m0/s1. The quantitative estimate of drug-likeness (QED) is 0.119. The minimum Gasteiger partial charge on any atom is -0.461 e. The molecule has 3 aromatic carbocycles. The van der Waals surface area contributed by atoms with Gasteiger partial charge in [-0.2, -0.15) is 0 Å². The Labute approximate surface area is 293 Å². The van der Waals surface area contributed by atoms with E-state index in [1.165, 1.54) is 0 Å². The first kappa shape index (κ1) is 38.0. The largest absolute Gasteiger partial charge is 0.461 e. The highest BCUT2D eigenvalue weighted by molar-refractivity contribution is 6.39. The van der Waals surface area contributed by atoms with Crippen LogP contribution in [0.1, 0.15) is 77.3 Å². The third kappa shape index (κ3) is 10.3. The molecule has 0 aliphatic heterocycles. The van der Waals surface area contributed by atoms with Gasteiger partial charge in [-0.3, -0.25) is 28.8 Å². The molecule has 1 aliphatic rings. The Bertz CT molecular complexity index is 1700. The summed E-state index contributed by atoms with van der Waals surface area (Å²) in [6.07, 6.45) is 1.41. The van der Waals surface area contributed by atoms with E-state index < -0.39 is 58.8 Å². The van der Waals surface area contributed by atoms with Crippen molar-refractivity contribution in [1.82, 2.24) is 10.6 Å². The summed E-state index contributed by atoms with van der Waals surface area (Å²) >= 11 is 0. The van der Waals surface area contributed by atoms with Crippen molar-refractivity contribution in [2.75, 3.05) is 0 Å². The Morgan fingerprint density at radius 2 is 1.48 bits per heavy atom. The van der Waals surface area contributed by atoms with Gasteiger partial charge in [-0.05, 0) is 59.4 Å². The molecule has 10 nitrogen and oxygen atoms in total. The molecule has 0 aromatic heterocycles. The molecular formula is C40H49N3O7.